The van der Waals surface area contributed by atoms with Crippen LogP contribution in [0, 0.1) is 5.41 Å². The summed E-state index contributed by atoms with van der Waals surface area (Å²) in [4.78, 5) is 2.26. The van der Waals surface area contributed by atoms with Crippen molar-refractivity contribution in [1.82, 2.24) is 0 Å². The number of aromatic hydroxyl groups is 1. The minimum atomic E-state index is -3.60. The largest absolute Gasteiger partial charge is 0.508 e. The molecule has 2 aromatic carbocycles. The van der Waals surface area contributed by atoms with Crippen molar-refractivity contribution in [2.75, 3.05) is 24.7 Å². The maximum atomic E-state index is 13.7. The Kier molecular flexibility index (Phi) is 7.56. The minimum absolute atomic E-state index is 0.0376. The van der Waals surface area contributed by atoms with Gasteiger partial charge in [-0.2, -0.15) is 0 Å². The summed E-state index contributed by atoms with van der Waals surface area (Å²) in [5.74, 6) is -0.379. The number of anilines is 1. The molecule has 0 saturated heterocycles. The molecule has 32 heavy (non-hydrogen) atoms. The highest BCUT2D eigenvalue weighted by Gasteiger charge is 2.49. The second-order valence-corrected chi connectivity index (χ2v) is 11.4. The Balaban J connectivity index is 2.30. The molecule has 2 atom stereocenters. The summed E-state index contributed by atoms with van der Waals surface area (Å²) in [6.07, 6.45) is 4.14. The van der Waals surface area contributed by atoms with E-state index in [1.807, 2.05) is 31.1 Å². The maximum absolute atomic E-state index is 13.7. The lowest BCUT2D eigenvalue weighted by Gasteiger charge is -2.40. The molecule has 0 bridgehead atoms. The standard InChI is InChI=1S/C26H37NO4S/c1-5-7-15-26(16-8-6-2)18-32(30,31)23-14-11-20(27(3)4)17-22(23)24(25(26)29)19-9-12-21(28)13-10-19/h9-14,17,24-25,28-29H,5-8,15-16,18H2,1-4H3/t24?,25-/m1/s1. The predicted molar refractivity (Wildman–Crippen MR) is 130 cm³/mol. The predicted octanol–water partition coefficient (Wildman–Crippen LogP) is 5.11. The summed E-state index contributed by atoms with van der Waals surface area (Å²) >= 11 is 0. The topological polar surface area (TPSA) is 77.8 Å². The van der Waals surface area contributed by atoms with Gasteiger partial charge in [0.05, 0.1) is 16.8 Å². The van der Waals surface area contributed by atoms with Crippen LogP contribution in [-0.2, 0) is 9.84 Å². The number of rotatable bonds is 8. The second-order valence-electron chi connectivity index (χ2n) is 9.46. The average Bonchev–Trinajstić information content (AvgIpc) is 2.83. The van der Waals surface area contributed by atoms with Crippen molar-refractivity contribution in [3.8, 4) is 5.75 Å². The molecule has 0 radical (unpaired) electrons. The summed E-state index contributed by atoms with van der Waals surface area (Å²) in [6, 6.07) is 12.3. The highest BCUT2D eigenvalue weighted by atomic mass is 32.2. The van der Waals surface area contributed by atoms with Crippen LogP contribution < -0.4 is 4.90 Å². The fraction of sp³-hybridized carbons (Fsp3) is 0.538. The number of nitrogens with zero attached hydrogens (tertiary/aromatic N) is 1. The zero-order chi connectivity index (χ0) is 23.5. The molecule has 1 heterocycles. The number of aliphatic hydroxyl groups excluding tert-OH is 1. The van der Waals surface area contributed by atoms with Gasteiger partial charge in [-0.1, -0.05) is 51.7 Å². The van der Waals surface area contributed by atoms with E-state index in [2.05, 4.69) is 13.8 Å². The molecule has 176 valence electrons. The van der Waals surface area contributed by atoms with E-state index in [0.29, 0.717) is 23.3 Å². The van der Waals surface area contributed by atoms with Crippen molar-refractivity contribution < 1.29 is 18.6 Å². The molecule has 0 aliphatic carbocycles. The molecule has 2 aromatic rings. The molecule has 5 nitrogen and oxygen atoms in total. The first-order chi connectivity index (χ1) is 15.1. The first kappa shape index (κ1) is 24.6. The number of benzene rings is 2. The Bertz CT molecular complexity index is 1010. The number of unbranched alkanes of at least 4 members (excludes halogenated alkanes) is 2. The van der Waals surface area contributed by atoms with Gasteiger partial charge in [-0.25, -0.2) is 8.42 Å². The van der Waals surface area contributed by atoms with Gasteiger partial charge in [-0.05, 0) is 54.3 Å². The van der Waals surface area contributed by atoms with Crippen LogP contribution >= 0.6 is 0 Å². The van der Waals surface area contributed by atoms with Crippen molar-refractivity contribution in [2.45, 2.75) is 69.3 Å². The van der Waals surface area contributed by atoms with Gasteiger partial charge in [0.15, 0.2) is 9.84 Å². The Morgan fingerprint density at radius 1 is 1.00 bits per heavy atom. The van der Waals surface area contributed by atoms with Gasteiger partial charge in [0, 0.05) is 31.1 Å². The monoisotopic (exact) mass is 459 g/mol. The molecule has 0 fully saturated rings. The number of sulfone groups is 1. The fourth-order valence-electron chi connectivity index (χ4n) is 5.07. The van der Waals surface area contributed by atoms with Gasteiger partial charge in [0.25, 0.3) is 0 Å². The molecule has 1 unspecified atom stereocenters. The van der Waals surface area contributed by atoms with Gasteiger partial charge < -0.3 is 15.1 Å². The van der Waals surface area contributed by atoms with Gasteiger partial charge in [-0.3, -0.25) is 0 Å². The lowest BCUT2D eigenvalue weighted by Crippen LogP contribution is -2.43. The molecular formula is C26H37NO4S. The normalized spacial score (nSPS) is 21.5. The zero-order valence-corrected chi connectivity index (χ0v) is 20.5. The van der Waals surface area contributed by atoms with Crippen molar-refractivity contribution in [2.24, 2.45) is 5.41 Å². The van der Waals surface area contributed by atoms with Crippen molar-refractivity contribution >= 4 is 15.5 Å². The van der Waals surface area contributed by atoms with Crippen LogP contribution in [0.15, 0.2) is 47.4 Å². The summed E-state index contributed by atoms with van der Waals surface area (Å²) < 4.78 is 27.5. The summed E-state index contributed by atoms with van der Waals surface area (Å²) in [5, 5.41) is 21.8. The summed E-state index contributed by atoms with van der Waals surface area (Å²) in [6.45, 7) is 4.20. The molecule has 3 rings (SSSR count). The third-order valence-corrected chi connectivity index (χ3v) is 8.91. The van der Waals surface area contributed by atoms with E-state index in [4.69, 9.17) is 0 Å². The molecular weight excluding hydrogens is 422 g/mol. The first-order valence-corrected chi connectivity index (χ1v) is 13.3. The lowest BCUT2D eigenvalue weighted by atomic mass is 9.68. The second kappa shape index (κ2) is 9.84. The average molecular weight is 460 g/mol. The number of phenols is 1. The Labute approximate surface area is 193 Å². The van der Waals surface area contributed by atoms with E-state index in [-0.39, 0.29) is 11.5 Å². The van der Waals surface area contributed by atoms with E-state index >= 15 is 0 Å². The van der Waals surface area contributed by atoms with Crippen molar-refractivity contribution in [3.05, 3.63) is 53.6 Å². The molecule has 0 spiro atoms. The third kappa shape index (κ3) is 4.81. The SMILES string of the molecule is CCCCC1(CCCC)CS(=O)(=O)c2ccc(N(C)C)cc2C(c2ccc(O)cc2)[C@H]1O. The van der Waals surface area contributed by atoms with Crippen LogP contribution in [0.1, 0.15) is 69.4 Å². The Morgan fingerprint density at radius 3 is 2.12 bits per heavy atom. The van der Waals surface area contributed by atoms with Crippen molar-refractivity contribution in [1.29, 1.82) is 0 Å². The minimum Gasteiger partial charge on any atom is -0.508 e. The number of fused-ring (bicyclic) bond motifs is 1. The van der Waals surface area contributed by atoms with Crippen LogP contribution in [0.5, 0.6) is 5.75 Å². The van der Waals surface area contributed by atoms with Crippen LogP contribution in [0.4, 0.5) is 5.69 Å². The quantitative estimate of drug-likeness (QED) is 0.574. The molecule has 1 aliphatic rings. The summed E-state index contributed by atoms with van der Waals surface area (Å²) in [5.41, 5.74) is 1.64. The van der Waals surface area contributed by atoms with E-state index < -0.39 is 27.3 Å². The zero-order valence-electron chi connectivity index (χ0n) is 19.7. The fourth-order valence-corrected chi connectivity index (χ4v) is 7.26. The third-order valence-electron chi connectivity index (χ3n) is 6.91. The van der Waals surface area contributed by atoms with Crippen LogP contribution in [0.3, 0.4) is 0 Å². The first-order valence-electron chi connectivity index (χ1n) is 11.7. The highest BCUT2D eigenvalue weighted by Crippen LogP contribution is 2.50. The number of hydrogen-bond acceptors (Lipinski definition) is 5. The Hall–Kier alpha value is -2.05. The Morgan fingerprint density at radius 2 is 1.59 bits per heavy atom. The van der Waals surface area contributed by atoms with Crippen LogP contribution in [-0.4, -0.2) is 44.6 Å². The number of hydrogen-bond donors (Lipinski definition) is 2. The van der Waals surface area contributed by atoms with E-state index in [1.54, 1.807) is 30.3 Å². The molecule has 1 aliphatic heterocycles. The number of phenolic OH excluding ortho intramolecular Hbond substituents is 1. The van der Waals surface area contributed by atoms with Crippen LogP contribution in [0.25, 0.3) is 0 Å². The smallest absolute Gasteiger partial charge is 0.179 e. The van der Waals surface area contributed by atoms with Crippen LogP contribution in [0.2, 0.25) is 0 Å². The molecule has 2 N–H and O–H groups in total. The molecule has 6 heteroatoms. The van der Waals surface area contributed by atoms with Gasteiger partial charge >= 0.3 is 0 Å². The van der Waals surface area contributed by atoms with Gasteiger partial charge in [0.2, 0.25) is 0 Å². The van der Waals surface area contributed by atoms with Gasteiger partial charge in [0.1, 0.15) is 5.75 Å². The maximum Gasteiger partial charge on any atom is 0.179 e. The van der Waals surface area contributed by atoms with Crippen molar-refractivity contribution in [3.63, 3.8) is 0 Å². The van der Waals surface area contributed by atoms with E-state index in [0.717, 1.165) is 36.9 Å². The molecule has 0 saturated carbocycles. The molecule has 0 amide bonds. The van der Waals surface area contributed by atoms with Gasteiger partial charge in [-0.15, -0.1) is 0 Å². The number of aliphatic hydroxyl groups is 1. The molecule has 0 aromatic heterocycles. The highest BCUT2D eigenvalue weighted by molar-refractivity contribution is 7.91. The summed E-state index contributed by atoms with van der Waals surface area (Å²) in [7, 11) is 0.245. The van der Waals surface area contributed by atoms with E-state index in [1.165, 1.54) is 0 Å². The van der Waals surface area contributed by atoms with E-state index in [9.17, 15) is 18.6 Å². The lowest BCUT2D eigenvalue weighted by molar-refractivity contribution is 0.0127.